The Labute approximate surface area is 122 Å². The summed E-state index contributed by atoms with van der Waals surface area (Å²) in [6, 6.07) is 13.5. The maximum Gasteiger partial charge on any atom is 0.137 e. The standard InChI is InChI=1S/C16H17BrFN/c1-3-11-7-9-12(10-8-11)16(19-2)13-5-4-6-14(18)15(13)17/h4-10,16,19H,3H2,1-2H3. The summed E-state index contributed by atoms with van der Waals surface area (Å²) < 4.78 is 14.2. The lowest BCUT2D eigenvalue weighted by atomic mass is 9.97. The summed E-state index contributed by atoms with van der Waals surface area (Å²) in [4.78, 5) is 0. The van der Waals surface area contributed by atoms with Gasteiger partial charge in [0.15, 0.2) is 0 Å². The fourth-order valence-electron chi connectivity index (χ4n) is 2.19. The van der Waals surface area contributed by atoms with Crippen molar-refractivity contribution in [2.45, 2.75) is 19.4 Å². The Morgan fingerprint density at radius 1 is 1.16 bits per heavy atom. The second-order valence-electron chi connectivity index (χ2n) is 4.46. The van der Waals surface area contributed by atoms with Gasteiger partial charge in [-0.1, -0.05) is 43.3 Å². The molecule has 2 rings (SSSR count). The van der Waals surface area contributed by atoms with E-state index in [0.29, 0.717) is 4.47 Å². The smallest absolute Gasteiger partial charge is 0.137 e. The van der Waals surface area contributed by atoms with Crippen molar-refractivity contribution in [3.8, 4) is 0 Å². The maximum atomic E-state index is 13.6. The molecule has 0 aromatic heterocycles. The Bertz CT molecular complexity index is 551. The Morgan fingerprint density at radius 2 is 1.84 bits per heavy atom. The monoisotopic (exact) mass is 321 g/mol. The molecule has 100 valence electrons. The molecular formula is C16H17BrFN. The summed E-state index contributed by atoms with van der Waals surface area (Å²) in [5, 5.41) is 3.24. The molecule has 0 heterocycles. The molecule has 0 fully saturated rings. The van der Waals surface area contributed by atoms with Gasteiger partial charge >= 0.3 is 0 Å². The van der Waals surface area contributed by atoms with Crippen molar-refractivity contribution in [3.63, 3.8) is 0 Å². The zero-order valence-corrected chi connectivity index (χ0v) is 12.7. The summed E-state index contributed by atoms with van der Waals surface area (Å²) in [6.45, 7) is 2.13. The van der Waals surface area contributed by atoms with Crippen LogP contribution in [0.2, 0.25) is 0 Å². The minimum Gasteiger partial charge on any atom is -0.309 e. The highest BCUT2D eigenvalue weighted by molar-refractivity contribution is 9.10. The van der Waals surface area contributed by atoms with E-state index in [2.05, 4.69) is 52.4 Å². The third-order valence-electron chi connectivity index (χ3n) is 3.30. The number of nitrogens with one attached hydrogen (secondary N) is 1. The first-order valence-corrected chi connectivity index (χ1v) is 7.16. The SMILES string of the molecule is CCc1ccc(C(NC)c2cccc(F)c2Br)cc1. The van der Waals surface area contributed by atoms with Crippen molar-refractivity contribution in [1.82, 2.24) is 5.32 Å². The fraction of sp³-hybridized carbons (Fsp3) is 0.250. The molecule has 0 radical (unpaired) electrons. The van der Waals surface area contributed by atoms with E-state index < -0.39 is 0 Å². The van der Waals surface area contributed by atoms with E-state index in [1.54, 1.807) is 6.07 Å². The Hall–Kier alpha value is -1.19. The van der Waals surface area contributed by atoms with Gasteiger partial charge in [-0.05, 0) is 52.2 Å². The van der Waals surface area contributed by atoms with Crippen LogP contribution in [0.1, 0.15) is 29.7 Å². The second kappa shape index (κ2) is 6.31. The highest BCUT2D eigenvalue weighted by Crippen LogP contribution is 2.30. The molecular weight excluding hydrogens is 305 g/mol. The van der Waals surface area contributed by atoms with Crippen LogP contribution in [-0.2, 0) is 6.42 Å². The van der Waals surface area contributed by atoms with Gasteiger partial charge in [0.1, 0.15) is 5.82 Å². The molecule has 2 aromatic carbocycles. The average Bonchev–Trinajstić information content (AvgIpc) is 2.45. The van der Waals surface area contributed by atoms with Crippen molar-refractivity contribution in [2.75, 3.05) is 7.05 Å². The normalized spacial score (nSPS) is 12.4. The Kier molecular flexibility index (Phi) is 4.72. The number of hydrogen-bond acceptors (Lipinski definition) is 1. The van der Waals surface area contributed by atoms with Gasteiger partial charge in [0.2, 0.25) is 0 Å². The first-order valence-electron chi connectivity index (χ1n) is 6.37. The minimum atomic E-state index is -0.233. The third-order valence-corrected chi connectivity index (χ3v) is 4.14. The molecule has 3 heteroatoms. The molecule has 0 bridgehead atoms. The van der Waals surface area contributed by atoms with Gasteiger partial charge in [-0.2, -0.15) is 0 Å². The molecule has 19 heavy (non-hydrogen) atoms. The van der Waals surface area contributed by atoms with E-state index in [0.717, 1.165) is 17.5 Å². The molecule has 2 aromatic rings. The van der Waals surface area contributed by atoms with Crippen molar-refractivity contribution in [1.29, 1.82) is 0 Å². The van der Waals surface area contributed by atoms with Crippen LogP contribution in [0.5, 0.6) is 0 Å². The lowest BCUT2D eigenvalue weighted by Crippen LogP contribution is -2.18. The predicted octanol–water partition coefficient (Wildman–Crippen LogP) is 4.46. The lowest BCUT2D eigenvalue weighted by Gasteiger charge is -2.19. The van der Waals surface area contributed by atoms with Crippen LogP contribution in [0.3, 0.4) is 0 Å². The van der Waals surface area contributed by atoms with E-state index in [4.69, 9.17) is 0 Å². The van der Waals surface area contributed by atoms with Crippen LogP contribution in [0.15, 0.2) is 46.9 Å². The van der Waals surface area contributed by atoms with Crippen LogP contribution < -0.4 is 5.32 Å². The zero-order valence-electron chi connectivity index (χ0n) is 11.1. The number of benzene rings is 2. The molecule has 0 aliphatic rings. The van der Waals surface area contributed by atoms with E-state index in [9.17, 15) is 4.39 Å². The summed E-state index contributed by atoms with van der Waals surface area (Å²) in [5.74, 6) is -0.233. The third kappa shape index (κ3) is 3.04. The van der Waals surface area contributed by atoms with Gasteiger partial charge in [0.05, 0.1) is 10.5 Å². The number of hydrogen-bond donors (Lipinski definition) is 1. The van der Waals surface area contributed by atoms with Gasteiger partial charge in [0, 0.05) is 0 Å². The Balaban J connectivity index is 2.40. The van der Waals surface area contributed by atoms with E-state index in [1.807, 2.05) is 13.1 Å². The highest BCUT2D eigenvalue weighted by Gasteiger charge is 2.16. The van der Waals surface area contributed by atoms with Gasteiger partial charge in [-0.25, -0.2) is 4.39 Å². The zero-order chi connectivity index (χ0) is 13.8. The van der Waals surface area contributed by atoms with E-state index in [1.165, 1.54) is 11.6 Å². The molecule has 0 spiro atoms. The first kappa shape index (κ1) is 14.2. The van der Waals surface area contributed by atoms with Gasteiger partial charge in [-0.15, -0.1) is 0 Å². The van der Waals surface area contributed by atoms with Gasteiger partial charge in [0.25, 0.3) is 0 Å². The highest BCUT2D eigenvalue weighted by atomic mass is 79.9. The van der Waals surface area contributed by atoms with Crippen LogP contribution in [0, 0.1) is 5.82 Å². The molecule has 0 saturated carbocycles. The lowest BCUT2D eigenvalue weighted by molar-refractivity contribution is 0.608. The van der Waals surface area contributed by atoms with Crippen LogP contribution in [0.4, 0.5) is 4.39 Å². The molecule has 1 atom stereocenters. The van der Waals surface area contributed by atoms with Gasteiger partial charge in [-0.3, -0.25) is 0 Å². The minimum absolute atomic E-state index is 0.0176. The van der Waals surface area contributed by atoms with Crippen molar-refractivity contribution in [2.24, 2.45) is 0 Å². The van der Waals surface area contributed by atoms with Crippen LogP contribution in [-0.4, -0.2) is 7.05 Å². The largest absolute Gasteiger partial charge is 0.309 e. The summed E-state index contributed by atoms with van der Waals surface area (Å²) in [5.41, 5.74) is 3.34. The summed E-state index contributed by atoms with van der Waals surface area (Å²) in [6.07, 6.45) is 1.02. The van der Waals surface area contributed by atoms with E-state index >= 15 is 0 Å². The molecule has 1 nitrogen and oxygen atoms in total. The molecule has 1 N–H and O–H groups in total. The topological polar surface area (TPSA) is 12.0 Å². The molecule has 1 unspecified atom stereocenters. The Morgan fingerprint density at radius 3 is 2.42 bits per heavy atom. The number of rotatable bonds is 4. The molecule has 0 amide bonds. The second-order valence-corrected chi connectivity index (χ2v) is 5.25. The predicted molar refractivity (Wildman–Crippen MR) is 80.8 cm³/mol. The molecule has 0 aliphatic heterocycles. The van der Waals surface area contributed by atoms with Crippen molar-refractivity contribution >= 4 is 15.9 Å². The average molecular weight is 322 g/mol. The van der Waals surface area contributed by atoms with Crippen molar-refractivity contribution in [3.05, 3.63) is 69.4 Å². The maximum absolute atomic E-state index is 13.6. The van der Waals surface area contributed by atoms with E-state index in [-0.39, 0.29) is 11.9 Å². The summed E-state index contributed by atoms with van der Waals surface area (Å²) in [7, 11) is 1.88. The van der Waals surface area contributed by atoms with Gasteiger partial charge < -0.3 is 5.32 Å². The van der Waals surface area contributed by atoms with Crippen molar-refractivity contribution < 1.29 is 4.39 Å². The first-order chi connectivity index (χ1) is 9.17. The fourth-order valence-corrected chi connectivity index (χ4v) is 2.68. The molecule has 0 saturated heterocycles. The van der Waals surface area contributed by atoms with Crippen LogP contribution in [0.25, 0.3) is 0 Å². The number of aryl methyl sites for hydroxylation is 1. The quantitative estimate of drug-likeness (QED) is 0.876. The molecule has 0 aliphatic carbocycles. The number of halogens is 2. The van der Waals surface area contributed by atoms with Crippen LogP contribution >= 0.6 is 15.9 Å². The summed E-state index contributed by atoms with van der Waals surface area (Å²) >= 11 is 3.33.